The van der Waals surface area contributed by atoms with Crippen molar-refractivity contribution in [3.05, 3.63) is 77.7 Å². The number of allylic oxidation sites excluding steroid dienone is 1. The van der Waals surface area contributed by atoms with Crippen LogP contribution in [0.5, 0.6) is 5.75 Å². The van der Waals surface area contributed by atoms with Crippen LogP contribution in [-0.2, 0) is 17.7 Å². The summed E-state index contributed by atoms with van der Waals surface area (Å²) >= 11 is 0. The van der Waals surface area contributed by atoms with E-state index in [0.29, 0.717) is 31.2 Å². The van der Waals surface area contributed by atoms with Gasteiger partial charge in [0.25, 0.3) is 5.91 Å². The molecule has 0 radical (unpaired) electrons. The second-order valence-electron chi connectivity index (χ2n) is 8.53. The van der Waals surface area contributed by atoms with E-state index < -0.39 is 0 Å². The van der Waals surface area contributed by atoms with E-state index in [1.165, 1.54) is 0 Å². The van der Waals surface area contributed by atoms with Crippen molar-refractivity contribution in [2.75, 3.05) is 31.3 Å². The maximum absolute atomic E-state index is 13.4. The van der Waals surface area contributed by atoms with Crippen LogP contribution in [0.15, 0.2) is 49.6 Å². The molecule has 1 N–H and O–H groups in total. The van der Waals surface area contributed by atoms with E-state index in [-0.39, 0.29) is 5.91 Å². The maximum Gasteiger partial charge on any atom is 0.251 e. The van der Waals surface area contributed by atoms with Gasteiger partial charge in [-0.25, -0.2) is 0 Å². The molecule has 3 rings (SSSR count). The van der Waals surface area contributed by atoms with Crippen LogP contribution in [0.1, 0.15) is 52.6 Å². The lowest BCUT2D eigenvalue weighted by Gasteiger charge is -2.37. The molecule has 2 aromatic rings. The summed E-state index contributed by atoms with van der Waals surface area (Å²) in [6.45, 7) is 16.9. The van der Waals surface area contributed by atoms with Gasteiger partial charge in [0.2, 0.25) is 0 Å². The highest BCUT2D eigenvalue weighted by Crippen LogP contribution is 2.30. The molecule has 0 aliphatic carbocycles. The Labute approximate surface area is 203 Å². The van der Waals surface area contributed by atoms with Crippen molar-refractivity contribution >= 4 is 11.6 Å². The normalized spacial score (nSPS) is 13.9. The second-order valence-corrected chi connectivity index (χ2v) is 8.53. The van der Waals surface area contributed by atoms with Crippen molar-refractivity contribution in [2.45, 2.75) is 52.6 Å². The Kier molecular flexibility index (Phi) is 9.28. The molecule has 0 atom stereocenters. The molecule has 1 aliphatic rings. The summed E-state index contributed by atoms with van der Waals surface area (Å²) in [7, 11) is 0. The van der Waals surface area contributed by atoms with Crippen LogP contribution < -0.4 is 15.0 Å². The lowest BCUT2D eigenvalue weighted by Crippen LogP contribution is -2.40. The maximum atomic E-state index is 13.4. The highest BCUT2D eigenvalue weighted by molar-refractivity contribution is 5.97. The summed E-state index contributed by atoms with van der Waals surface area (Å²) in [6, 6.07) is 8.28. The number of anilines is 1. The van der Waals surface area contributed by atoms with Crippen molar-refractivity contribution in [3.8, 4) is 5.75 Å². The van der Waals surface area contributed by atoms with E-state index in [9.17, 15) is 4.79 Å². The number of benzene rings is 1. The highest BCUT2D eigenvalue weighted by atomic mass is 16.5. The van der Waals surface area contributed by atoms with E-state index in [1.807, 2.05) is 38.1 Å². The van der Waals surface area contributed by atoms with Crippen LogP contribution in [0.2, 0.25) is 0 Å². The van der Waals surface area contributed by atoms with Crippen molar-refractivity contribution < 1.29 is 14.3 Å². The molecule has 0 bridgehead atoms. The van der Waals surface area contributed by atoms with Gasteiger partial charge in [-0.3, -0.25) is 9.78 Å². The van der Waals surface area contributed by atoms with E-state index in [2.05, 4.69) is 41.3 Å². The third-order valence-electron chi connectivity index (χ3n) is 6.23. The van der Waals surface area contributed by atoms with Gasteiger partial charge in [-0.05, 0) is 57.7 Å². The minimum Gasteiger partial charge on any atom is -0.489 e. The van der Waals surface area contributed by atoms with E-state index >= 15 is 0 Å². The average Bonchev–Trinajstić information content (AvgIpc) is 2.84. The van der Waals surface area contributed by atoms with Crippen LogP contribution in [0.25, 0.3) is 0 Å². The number of hydrogen-bond donors (Lipinski definition) is 1. The molecule has 6 nitrogen and oxygen atoms in total. The van der Waals surface area contributed by atoms with E-state index in [1.54, 1.807) is 6.08 Å². The quantitative estimate of drug-likeness (QED) is 0.479. The number of nitrogens with zero attached hydrogens (tertiary/aromatic N) is 2. The number of carbonyl (C=O) groups excluding carboxylic acids is 1. The smallest absolute Gasteiger partial charge is 0.251 e. The number of hydrogen-bond acceptors (Lipinski definition) is 5. The van der Waals surface area contributed by atoms with Gasteiger partial charge < -0.3 is 19.7 Å². The SMILES string of the molecule is C=CCOc1cc(C)nc(C)c1CNC(=O)c1cccc(N(CC)C2CCOCC2)c1CC=C. The predicted octanol–water partition coefficient (Wildman–Crippen LogP) is 4.93. The first-order valence-electron chi connectivity index (χ1n) is 12.1. The summed E-state index contributed by atoms with van der Waals surface area (Å²) in [5.41, 5.74) is 5.38. The van der Waals surface area contributed by atoms with Crippen LogP contribution in [0.3, 0.4) is 0 Å². The molecule has 34 heavy (non-hydrogen) atoms. The number of rotatable bonds is 11. The van der Waals surface area contributed by atoms with Crippen LogP contribution in [0.4, 0.5) is 5.69 Å². The molecule has 0 spiro atoms. The van der Waals surface area contributed by atoms with Crippen molar-refractivity contribution in [1.29, 1.82) is 0 Å². The molecule has 1 aromatic heterocycles. The number of aromatic nitrogens is 1. The van der Waals surface area contributed by atoms with Crippen LogP contribution in [0, 0.1) is 13.8 Å². The molecule has 182 valence electrons. The summed E-state index contributed by atoms with van der Waals surface area (Å²) in [5.74, 6) is 0.610. The molecule has 1 amide bonds. The van der Waals surface area contributed by atoms with Gasteiger partial charge >= 0.3 is 0 Å². The number of ether oxygens (including phenoxy) is 2. The number of pyridine rings is 1. The lowest BCUT2D eigenvalue weighted by atomic mass is 9.98. The molecule has 1 fully saturated rings. The zero-order valence-electron chi connectivity index (χ0n) is 20.7. The summed E-state index contributed by atoms with van der Waals surface area (Å²) in [5, 5.41) is 3.10. The second kappa shape index (κ2) is 12.4. The molecular weight excluding hydrogens is 426 g/mol. The fourth-order valence-corrected chi connectivity index (χ4v) is 4.61. The monoisotopic (exact) mass is 463 g/mol. The fourth-order valence-electron chi connectivity index (χ4n) is 4.61. The van der Waals surface area contributed by atoms with Crippen molar-refractivity contribution in [1.82, 2.24) is 10.3 Å². The zero-order chi connectivity index (χ0) is 24.5. The molecular formula is C28H37N3O3. The largest absolute Gasteiger partial charge is 0.489 e. The van der Waals surface area contributed by atoms with Gasteiger partial charge in [-0.1, -0.05) is 24.8 Å². The molecule has 1 aliphatic heterocycles. The lowest BCUT2D eigenvalue weighted by molar-refractivity contribution is 0.0845. The number of carbonyl (C=O) groups is 1. The molecule has 6 heteroatoms. The topological polar surface area (TPSA) is 63.7 Å². The predicted molar refractivity (Wildman–Crippen MR) is 138 cm³/mol. The first-order chi connectivity index (χ1) is 16.5. The number of aryl methyl sites for hydroxylation is 2. The molecule has 1 aromatic carbocycles. The Balaban J connectivity index is 1.87. The number of amides is 1. The summed E-state index contributed by atoms with van der Waals surface area (Å²) in [6.07, 6.45) is 6.18. The Bertz CT molecular complexity index is 1010. The Hall–Kier alpha value is -3.12. The molecule has 0 saturated carbocycles. The summed E-state index contributed by atoms with van der Waals surface area (Å²) < 4.78 is 11.4. The fraction of sp³-hybridized carbons (Fsp3) is 0.429. The Morgan fingerprint density at radius 3 is 2.68 bits per heavy atom. The highest BCUT2D eigenvalue weighted by Gasteiger charge is 2.24. The van der Waals surface area contributed by atoms with Gasteiger partial charge in [0.15, 0.2) is 0 Å². The first kappa shape index (κ1) is 25.5. The molecule has 0 unspecified atom stereocenters. The van der Waals surface area contributed by atoms with Gasteiger partial charge in [-0.15, -0.1) is 6.58 Å². The van der Waals surface area contributed by atoms with Gasteiger partial charge in [0.05, 0.1) is 0 Å². The molecule has 1 saturated heterocycles. The molecule has 2 heterocycles. The average molecular weight is 464 g/mol. The Morgan fingerprint density at radius 1 is 1.24 bits per heavy atom. The van der Waals surface area contributed by atoms with Crippen molar-refractivity contribution in [3.63, 3.8) is 0 Å². The van der Waals surface area contributed by atoms with Crippen LogP contribution >= 0.6 is 0 Å². The Morgan fingerprint density at radius 2 is 2.00 bits per heavy atom. The first-order valence-corrected chi connectivity index (χ1v) is 12.1. The van der Waals surface area contributed by atoms with Crippen LogP contribution in [-0.4, -0.2) is 43.3 Å². The van der Waals surface area contributed by atoms with Gasteiger partial charge in [0.1, 0.15) is 12.4 Å². The van der Waals surface area contributed by atoms with E-state index in [4.69, 9.17) is 9.47 Å². The third kappa shape index (κ3) is 6.06. The van der Waals surface area contributed by atoms with Crippen molar-refractivity contribution in [2.24, 2.45) is 0 Å². The van der Waals surface area contributed by atoms with Gasteiger partial charge in [0, 0.05) is 66.6 Å². The zero-order valence-corrected chi connectivity index (χ0v) is 20.7. The standard InChI is InChI=1S/C28H37N3O3/c1-6-10-23-24(11-9-12-26(23)31(8-3)22-13-16-33-17-14-22)28(32)29-19-25-21(5)30-20(4)18-27(25)34-15-7-2/h6-7,9,11-12,18,22H,1-2,8,10,13-17,19H2,3-5H3,(H,29,32). The number of nitrogens with one attached hydrogen (secondary N) is 1. The third-order valence-corrected chi connectivity index (χ3v) is 6.23. The van der Waals surface area contributed by atoms with Gasteiger partial charge in [-0.2, -0.15) is 0 Å². The minimum absolute atomic E-state index is 0.114. The summed E-state index contributed by atoms with van der Waals surface area (Å²) in [4.78, 5) is 20.4. The van der Waals surface area contributed by atoms with E-state index in [0.717, 1.165) is 66.6 Å². The minimum atomic E-state index is -0.114.